The lowest BCUT2D eigenvalue weighted by molar-refractivity contribution is -0.149. The van der Waals surface area contributed by atoms with Crippen molar-refractivity contribution in [1.29, 1.82) is 0 Å². The Hall–Kier alpha value is -2.00. The first kappa shape index (κ1) is 19.0. The summed E-state index contributed by atoms with van der Waals surface area (Å²) >= 11 is 0. The average Bonchev–Trinajstić information content (AvgIpc) is 2.32. The summed E-state index contributed by atoms with van der Waals surface area (Å²) in [5, 5.41) is 11.0. The van der Waals surface area contributed by atoms with Gasteiger partial charge in [0.05, 0.1) is 0 Å². The first-order valence-corrected chi connectivity index (χ1v) is 6.12. The number of alkyl halides is 3. The summed E-state index contributed by atoms with van der Waals surface area (Å²) in [6, 6.07) is -1.18. The van der Waals surface area contributed by atoms with Crippen LogP contribution in [0.1, 0.15) is 13.3 Å². The predicted octanol–water partition coefficient (Wildman–Crippen LogP) is 0.513. The van der Waals surface area contributed by atoms with Gasteiger partial charge in [0.2, 0.25) is 5.91 Å². The maximum Gasteiger partial charge on any atom is 0.406 e. The van der Waals surface area contributed by atoms with E-state index in [4.69, 9.17) is 5.11 Å². The number of urea groups is 1. The van der Waals surface area contributed by atoms with Gasteiger partial charge >= 0.3 is 18.2 Å². The van der Waals surface area contributed by atoms with Crippen molar-refractivity contribution in [2.75, 3.05) is 33.2 Å². The molecule has 0 saturated carbocycles. The average molecular weight is 313 g/mol. The quantitative estimate of drug-likeness (QED) is 0.717. The fourth-order valence-electron chi connectivity index (χ4n) is 1.42. The monoisotopic (exact) mass is 313 g/mol. The first-order chi connectivity index (χ1) is 9.56. The normalized spacial score (nSPS) is 10.9. The Morgan fingerprint density at radius 2 is 1.76 bits per heavy atom. The molecule has 0 atom stereocenters. The molecule has 2 N–H and O–H groups in total. The number of hydrogen-bond donors (Lipinski definition) is 2. The van der Waals surface area contributed by atoms with Crippen LogP contribution >= 0.6 is 0 Å². The second-order valence-electron chi connectivity index (χ2n) is 4.35. The lowest BCUT2D eigenvalue weighted by atomic mass is 10.4. The van der Waals surface area contributed by atoms with E-state index in [1.165, 1.54) is 0 Å². The van der Waals surface area contributed by atoms with Gasteiger partial charge in [0.15, 0.2) is 0 Å². The van der Waals surface area contributed by atoms with Crippen LogP contribution in [0.5, 0.6) is 0 Å². The molecule has 0 radical (unpaired) electrons. The number of carbonyl (C=O) groups excluding carboxylic acids is 2. The van der Waals surface area contributed by atoms with Crippen molar-refractivity contribution < 1.29 is 32.7 Å². The smallest absolute Gasteiger partial charge is 0.406 e. The number of rotatable bonds is 7. The highest BCUT2D eigenvalue weighted by molar-refractivity contribution is 5.85. The molecule has 0 unspecified atom stereocenters. The number of likely N-dealkylation sites (N-methyl/N-ethyl adjacent to an activating group) is 1. The molecule has 0 aromatic heterocycles. The van der Waals surface area contributed by atoms with Gasteiger partial charge in [-0.1, -0.05) is 6.92 Å². The summed E-state index contributed by atoms with van der Waals surface area (Å²) in [5.74, 6) is -2.11. The number of halogens is 3. The molecule has 0 aliphatic rings. The summed E-state index contributed by atoms with van der Waals surface area (Å²) in [5.41, 5.74) is 0. The number of carbonyl (C=O) groups is 3. The van der Waals surface area contributed by atoms with Gasteiger partial charge in [-0.3, -0.25) is 9.59 Å². The van der Waals surface area contributed by atoms with E-state index in [1.54, 1.807) is 0 Å². The standard InChI is InChI=1S/C11H18F3N3O4/c1-3-4-15-8(18)5-16(2)10(21)17(6-9(19)20)7-11(12,13)14/h3-7H2,1-2H3,(H,15,18)(H,19,20). The van der Waals surface area contributed by atoms with Crippen LogP contribution in [0.2, 0.25) is 0 Å². The SMILES string of the molecule is CCCNC(=O)CN(C)C(=O)N(CC(=O)O)CC(F)(F)F. The van der Waals surface area contributed by atoms with Crippen LogP contribution in [0.3, 0.4) is 0 Å². The van der Waals surface area contributed by atoms with Gasteiger partial charge in [0, 0.05) is 13.6 Å². The highest BCUT2D eigenvalue weighted by Gasteiger charge is 2.35. The minimum atomic E-state index is -4.73. The maximum absolute atomic E-state index is 12.3. The van der Waals surface area contributed by atoms with Crippen LogP contribution < -0.4 is 5.32 Å². The van der Waals surface area contributed by atoms with Crippen LogP contribution in [-0.4, -0.2) is 72.2 Å². The molecule has 0 heterocycles. The number of hydrogen-bond acceptors (Lipinski definition) is 3. The molecular weight excluding hydrogens is 295 g/mol. The number of nitrogens with zero attached hydrogens (tertiary/aromatic N) is 2. The molecule has 0 bridgehead atoms. The van der Waals surface area contributed by atoms with E-state index in [1.807, 2.05) is 6.92 Å². The van der Waals surface area contributed by atoms with Crippen molar-refractivity contribution in [2.24, 2.45) is 0 Å². The van der Waals surface area contributed by atoms with Crippen LogP contribution in [-0.2, 0) is 9.59 Å². The molecular formula is C11H18F3N3O4. The molecule has 0 aromatic carbocycles. The third kappa shape index (κ3) is 8.71. The van der Waals surface area contributed by atoms with Crippen molar-refractivity contribution in [3.05, 3.63) is 0 Å². The van der Waals surface area contributed by atoms with E-state index >= 15 is 0 Å². The van der Waals surface area contributed by atoms with E-state index in [0.717, 1.165) is 11.9 Å². The van der Waals surface area contributed by atoms with Crippen LogP contribution in [0.25, 0.3) is 0 Å². The maximum atomic E-state index is 12.3. The second kappa shape index (κ2) is 8.32. The number of amides is 3. The number of carboxylic acid groups (broad SMARTS) is 1. The van der Waals surface area contributed by atoms with E-state index in [-0.39, 0.29) is 4.90 Å². The molecule has 0 saturated heterocycles. The zero-order chi connectivity index (χ0) is 16.6. The molecule has 7 nitrogen and oxygen atoms in total. The molecule has 21 heavy (non-hydrogen) atoms. The lowest BCUT2D eigenvalue weighted by Gasteiger charge is -2.27. The fraction of sp³-hybridized carbons (Fsp3) is 0.727. The second-order valence-corrected chi connectivity index (χ2v) is 4.35. The number of carboxylic acids is 1. The van der Waals surface area contributed by atoms with Gasteiger partial charge in [0.1, 0.15) is 19.6 Å². The molecule has 0 rings (SSSR count). The Bertz CT molecular complexity index is 387. The van der Waals surface area contributed by atoms with Gasteiger partial charge < -0.3 is 20.2 Å². The van der Waals surface area contributed by atoms with Gasteiger partial charge in [0.25, 0.3) is 0 Å². The summed E-state index contributed by atoms with van der Waals surface area (Å²) in [6.07, 6.45) is -4.06. The van der Waals surface area contributed by atoms with Crippen LogP contribution in [0, 0.1) is 0 Å². The molecule has 0 aromatic rings. The topological polar surface area (TPSA) is 90.0 Å². The van der Waals surface area contributed by atoms with Crippen molar-refractivity contribution in [3.8, 4) is 0 Å². The van der Waals surface area contributed by atoms with Crippen LogP contribution in [0.4, 0.5) is 18.0 Å². The molecule has 0 spiro atoms. The number of nitrogens with one attached hydrogen (secondary N) is 1. The van der Waals surface area contributed by atoms with Crippen molar-refractivity contribution in [2.45, 2.75) is 19.5 Å². The van der Waals surface area contributed by atoms with E-state index in [2.05, 4.69) is 5.32 Å². The Labute approximate surface area is 119 Å². The highest BCUT2D eigenvalue weighted by Crippen LogP contribution is 2.17. The Balaban J connectivity index is 4.70. The van der Waals surface area contributed by atoms with Gasteiger partial charge in [-0.15, -0.1) is 0 Å². The largest absolute Gasteiger partial charge is 0.480 e. The van der Waals surface area contributed by atoms with Gasteiger partial charge in [-0.25, -0.2) is 4.79 Å². The Kier molecular flexibility index (Phi) is 7.53. The summed E-state index contributed by atoms with van der Waals surface area (Å²) < 4.78 is 37.0. The Morgan fingerprint density at radius 3 is 2.19 bits per heavy atom. The predicted molar refractivity (Wildman–Crippen MR) is 66.6 cm³/mol. The first-order valence-electron chi connectivity index (χ1n) is 6.12. The molecule has 0 aliphatic carbocycles. The van der Waals surface area contributed by atoms with Crippen molar-refractivity contribution in [1.82, 2.24) is 15.1 Å². The number of aliphatic carboxylic acids is 1. The summed E-state index contributed by atoms with van der Waals surface area (Å²) in [7, 11) is 1.12. The van der Waals surface area contributed by atoms with Crippen molar-refractivity contribution in [3.63, 3.8) is 0 Å². The zero-order valence-corrected chi connectivity index (χ0v) is 11.7. The summed E-state index contributed by atoms with van der Waals surface area (Å²) in [4.78, 5) is 34.5. The fourth-order valence-corrected chi connectivity index (χ4v) is 1.42. The van der Waals surface area contributed by atoms with Gasteiger partial charge in [-0.05, 0) is 6.42 Å². The zero-order valence-electron chi connectivity index (χ0n) is 11.7. The minimum Gasteiger partial charge on any atom is -0.480 e. The van der Waals surface area contributed by atoms with Crippen molar-refractivity contribution >= 4 is 17.9 Å². The van der Waals surface area contributed by atoms with E-state index in [9.17, 15) is 27.6 Å². The molecule has 0 aliphatic heterocycles. The molecule has 10 heteroatoms. The van der Waals surface area contributed by atoms with E-state index < -0.39 is 43.7 Å². The van der Waals surface area contributed by atoms with E-state index in [0.29, 0.717) is 13.0 Å². The summed E-state index contributed by atoms with van der Waals surface area (Å²) in [6.45, 7) is -1.06. The third-order valence-corrected chi connectivity index (χ3v) is 2.25. The van der Waals surface area contributed by atoms with Gasteiger partial charge in [-0.2, -0.15) is 13.2 Å². The minimum absolute atomic E-state index is 0.120. The highest BCUT2D eigenvalue weighted by atomic mass is 19.4. The molecule has 0 fully saturated rings. The van der Waals surface area contributed by atoms with Crippen LogP contribution in [0.15, 0.2) is 0 Å². The molecule has 122 valence electrons. The third-order valence-electron chi connectivity index (χ3n) is 2.25. The molecule has 3 amide bonds. The Morgan fingerprint density at radius 1 is 1.19 bits per heavy atom. The lowest BCUT2D eigenvalue weighted by Crippen LogP contribution is -2.50.